The van der Waals surface area contributed by atoms with Crippen LogP contribution >= 0.6 is 23.1 Å². The molecule has 96 valence electrons. The number of hydrogen-bond donors (Lipinski definition) is 1. The molecule has 1 N–H and O–H groups in total. The number of anilines is 2. The summed E-state index contributed by atoms with van der Waals surface area (Å²) < 4.78 is 1.23. The van der Waals surface area contributed by atoms with Crippen molar-refractivity contribution >= 4 is 44.1 Å². The highest BCUT2D eigenvalue weighted by molar-refractivity contribution is 7.98. The minimum atomic E-state index is 0.947. The average molecular weight is 286 g/mol. The number of rotatable bonds is 3. The number of aromatic nitrogens is 1. The number of hydrogen-bond acceptors (Lipinski definition) is 4. The Kier molecular flexibility index (Phi) is 3.44. The largest absolute Gasteiger partial charge is 0.331 e. The lowest BCUT2D eigenvalue weighted by Crippen LogP contribution is -1.89. The van der Waals surface area contributed by atoms with Crippen LogP contribution in [-0.4, -0.2) is 11.2 Å². The Hall–Kier alpha value is -1.52. The van der Waals surface area contributed by atoms with E-state index in [0.29, 0.717) is 0 Å². The van der Waals surface area contributed by atoms with E-state index in [4.69, 9.17) is 0 Å². The fourth-order valence-corrected chi connectivity index (χ4v) is 3.39. The molecule has 0 atom stereocenters. The number of nitrogens with zero attached hydrogens (tertiary/aromatic N) is 1. The van der Waals surface area contributed by atoms with Gasteiger partial charge in [-0.1, -0.05) is 29.5 Å². The number of nitrogens with one attached hydrogen (secondary N) is 1. The zero-order chi connectivity index (χ0) is 13.2. The zero-order valence-electron chi connectivity index (χ0n) is 10.8. The number of thioether (sulfide) groups is 1. The molecule has 0 saturated heterocycles. The van der Waals surface area contributed by atoms with E-state index in [1.54, 1.807) is 23.1 Å². The molecule has 0 radical (unpaired) electrons. The maximum Gasteiger partial charge on any atom is 0.188 e. The molecule has 0 spiro atoms. The van der Waals surface area contributed by atoms with E-state index in [-0.39, 0.29) is 0 Å². The van der Waals surface area contributed by atoms with Crippen LogP contribution in [0.2, 0.25) is 0 Å². The maximum absolute atomic E-state index is 4.66. The van der Waals surface area contributed by atoms with Crippen LogP contribution in [0, 0.1) is 6.92 Å². The van der Waals surface area contributed by atoms with E-state index >= 15 is 0 Å². The predicted octanol–water partition coefficient (Wildman–Crippen LogP) is 5.07. The van der Waals surface area contributed by atoms with Crippen molar-refractivity contribution in [2.45, 2.75) is 11.8 Å². The van der Waals surface area contributed by atoms with Crippen molar-refractivity contribution in [3.05, 3.63) is 48.0 Å². The Morgan fingerprint density at radius 1 is 1.16 bits per heavy atom. The summed E-state index contributed by atoms with van der Waals surface area (Å²) in [6, 6.07) is 14.7. The van der Waals surface area contributed by atoms with Crippen LogP contribution in [0.4, 0.5) is 10.8 Å². The van der Waals surface area contributed by atoms with Gasteiger partial charge in [0.2, 0.25) is 0 Å². The smallest absolute Gasteiger partial charge is 0.188 e. The second-order valence-corrected chi connectivity index (χ2v) is 6.21. The molecule has 0 aliphatic rings. The van der Waals surface area contributed by atoms with E-state index in [0.717, 1.165) is 16.3 Å². The van der Waals surface area contributed by atoms with Crippen molar-refractivity contribution in [2.75, 3.05) is 11.6 Å². The van der Waals surface area contributed by atoms with Crippen molar-refractivity contribution < 1.29 is 0 Å². The van der Waals surface area contributed by atoms with Crippen LogP contribution in [0.15, 0.2) is 47.4 Å². The van der Waals surface area contributed by atoms with Crippen molar-refractivity contribution in [3.63, 3.8) is 0 Å². The molecule has 4 heteroatoms. The quantitative estimate of drug-likeness (QED) is 0.680. The van der Waals surface area contributed by atoms with Gasteiger partial charge in [0, 0.05) is 10.6 Å². The summed E-state index contributed by atoms with van der Waals surface area (Å²) in [6.45, 7) is 2.10. The Balaban J connectivity index is 1.94. The molecule has 0 aliphatic heterocycles. The summed E-state index contributed by atoms with van der Waals surface area (Å²) in [4.78, 5) is 5.92. The summed E-state index contributed by atoms with van der Waals surface area (Å²) in [5, 5.41) is 4.34. The van der Waals surface area contributed by atoms with Crippen LogP contribution in [0.1, 0.15) is 5.56 Å². The van der Waals surface area contributed by atoms with Gasteiger partial charge in [0.1, 0.15) is 0 Å². The van der Waals surface area contributed by atoms with Crippen molar-refractivity contribution in [1.82, 2.24) is 4.98 Å². The second-order valence-electron chi connectivity index (χ2n) is 4.30. The highest BCUT2D eigenvalue weighted by atomic mass is 32.2. The number of benzene rings is 2. The number of aryl methyl sites for hydroxylation is 1. The fraction of sp³-hybridized carbons (Fsp3) is 0.133. The molecule has 0 unspecified atom stereocenters. The Labute approximate surface area is 120 Å². The topological polar surface area (TPSA) is 24.9 Å². The molecule has 2 aromatic carbocycles. The van der Waals surface area contributed by atoms with Crippen molar-refractivity contribution in [1.29, 1.82) is 0 Å². The molecule has 2 nitrogen and oxygen atoms in total. The normalized spacial score (nSPS) is 10.8. The molecular formula is C15H14N2S2. The predicted molar refractivity (Wildman–Crippen MR) is 85.9 cm³/mol. The molecule has 3 rings (SSSR count). The third-order valence-corrected chi connectivity index (χ3v) is 4.60. The van der Waals surface area contributed by atoms with Crippen molar-refractivity contribution in [2.24, 2.45) is 0 Å². The van der Waals surface area contributed by atoms with Gasteiger partial charge < -0.3 is 5.32 Å². The lowest BCUT2D eigenvalue weighted by atomic mass is 10.2. The van der Waals surface area contributed by atoms with Crippen LogP contribution in [-0.2, 0) is 0 Å². The molecule has 0 bridgehead atoms. The van der Waals surface area contributed by atoms with Gasteiger partial charge in [-0.15, -0.1) is 11.8 Å². The maximum atomic E-state index is 4.66. The van der Waals surface area contributed by atoms with Crippen LogP contribution in [0.3, 0.4) is 0 Å². The van der Waals surface area contributed by atoms with Gasteiger partial charge in [0.25, 0.3) is 0 Å². The summed E-state index contributed by atoms with van der Waals surface area (Å²) in [5.74, 6) is 0. The summed E-state index contributed by atoms with van der Waals surface area (Å²) in [6.07, 6.45) is 2.08. The molecule has 19 heavy (non-hydrogen) atoms. The minimum Gasteiger partial charge on any atom is -0.331 e. The SMILES string of the molecule is CSc1cccc(Nc2nc3c(C)cccc3s2)c1. The van der Waals surface area contributed by atoms with Gasteiger partial charge in [-0.25, -0.2) is 4.98 Å². The second kappa shape index (κ2) is 5.23. The van der Waals surface area contributed by atoms with Crippen molar-refractivity contribution in [3.8, 4) is 0 Å². The summed E-state index contributed by atoms with van der Waals surface area (Å²) in [5.41, 5.74) is 3.40. The van der Waals surface area contributed by atoms with Gasteiger partial charge in [-0.2, -0.15) is 0 Å². The third kappa shape index (κ3) is 2.60. The molecular weight excluding hydrogens is 272 g/mol. The van der Waals surface area contributed by atoms with E-state index in [1.165, 1.54) is 15.2 Å². The lowest BCUT2D eigenvalue weighted by Gasteiger charge is -2.03. The average Bonchev–Trinajstić information content (AvgIpc) is 2.83. The van der Waals surface area contributed by atoms with Crippen LogP contribution in [0.5, 0.6) is 0 Å². The van der Waals surface area contributed by atoms with Gasteiger partial charge in [-0.3, -0.25) is 0 Å². The van der Waals surface area contributed by atoms with E-state index in [2.05, 4.69) is 65.9 Å². The van der Waals surface area contributed by atoms with Crippen LogP contribution in [0.25, 0.3) is 10.2 Å². The number of para-hydroxylation sites is 1. The Morgan fingerprint density at radius 3 is 2.79 bits per heavy atom. The summed E-state index contributed by atoms with van der Waals surface area (Å²) >= 11 is 3.43. The molecule has 3 aromatic rings. The molecule has 0 saturated carbocycles. The number of thiazole rings is 1. The first-order valence-corrected chi connectivity index (χ1v) is 8.07. The van der Waals surface area contributed by atoms with Gasteiger partial charge >= 0.3 is 0 Å². The minimum absolute atomic E-state index is 0.947. The lowest BCUT2D eigenvalue weighted by molar-refractivity contribution is 1.38. The highest BCUT2D eigenvalue weighted by Crippen LogP contribution is 2.30. The molecule has 0 amide bonds. The first-order valence-electron chi connectivity index (χ1n) is 6.03. The van der Waals surface area contributed by atoms with E-state index in [1.807, 2.05) is 0 Å². The monoisotopic (exact) mass is 286 g/mol. The first-order chi connectivity index (χ1) is 9.26. The highest BCUT2D eigenvalue weighted by Gasteiger charge is 2.06. The zero-order valence-corrected chi connectivity index (χ0v) is 12.4. The third-order valence-electron chi connectivity index (χ3n) is 2.94. The van der Waals surface area contributed by atoms with Gasteiger partial charge in [0.15, 0.2) is 5.13 Å². The standard InChI is InChI=1S/C15H14N2S2/c1-10-5-3-8-13-14(10)17-15(19-13)16-11-6-4-7-12(9-11)18-2/h3-9H,1-2H3,(H,16,17). The fourth-order valence-electron chi connectivity index (χ4n) is 1.96. The Bertz CT molecular complexity index is 719. The number of fused-ring (bicyclic) bond motifs is 1. The van der Waals surface area contributed by atoms with Gasteiger partial charge in [-0.05, 0) is 43.0 Å². The molecule has 1 heterocycles. The van der Waals surface area contributed by atoms with Gasteiger partial charge in [0.05, 0.1) is 10.2 Å². The van der Waals surface area contributed by atoms with E-state index in [9.17, 15) is 0 Å². The Morgan fingerprint density at radius 2 is 2.00 bits per heavy atom. The van der Waals surface area contributed by atoms with E-state index < -0.39 is 0 Å². The summed E-state index contributed by atoms with van der Waals surface area (Å²) in [7, 11) is 0. The molecule has 0 aliphatic carbocycles. The van der Waals surface area contributed by atoms with Crippen LogP contribution < -0.4 is 5.32 Å². The molecule has 1 aromatic heterocycles. The first kappa shape index (κ1) is 12.5. The molecule has 0 fully saturated rings.